The number of fused-ring (bicyclic) bond motifs is 3. The van der Waals surface area contributed by atoms with E-state index in [1.807, 2.05) is 13.0 Å². The number of amides is 2. The fourth-order valence-electron chi connectivity index (χ4n) is 4.43. The molecule has 10 heteroatoms. The van der Waals surface area contributed by atoms with Gasteiger partial charge in [-0.25, -0.2) is 14.6 Å². The molecule has 2 amide bonds. The van der Waals surface area contributed by atoms with Crippen LogP contribution in [0.3, 0.4) is 0 Å². The molecular weight excluding hydrogens is 388 g/mol. The Kier molecular flexibility index (Phi) is 4.55. The molecule has 0 radical (unpaired) electrons. The van der Waals surface area contributed by atoms with Gasteiger partial charge in [-0.1, -0.05) is 0 Å². The summed E-state index contributed by atoms with van der Waals surface area (Å²) >= 11 is 0. The second kappa shape index (κ2) is 7.13. The van der Waals surface area contributed by atoms with Crippen LogP contribution in [0.1, 0.15) is 46.8 Å². The molecule has 158 valence electrons. The zero-order valence-electron chi connectivity index (χ0n) is 17.1. The molecule has 1 N–H and O–H groups in total. The van der Waals surface area contributed by atoms with Crippen LogP contribution in [0.4, 0.5) is 5.82 Å². The molecular formula is C20H24N6O4. The Hall–Kier alpha value is -2.85. The largest absolute Gasteiger partial charge is 0.381 e. The van der Waals surface area contributed by atoms with Crippen LogP contribution in [0.5, 0.6) is 0 Å². The van der Waals surface area contributed by atoms with E-state index < -0.39 is 17.6 Å². The first-order valence-corrected chi connectivity index (χ1v) is 10.2. The van der Waals surface area contributed by atoms with Crippen LogP contribution in [0.15, 0.2) is 12.3 Å². The molecule has 5 heterocycles. The van der Waals surface area contributed by atoms with E-state index in [2.05, 4.69) is 20.4 Å². The molecule has 2 aromatic heterocycles. The van der Waals surface area contributed by atoms with Crippen molar-refractivity contribution in [1.29, 1.82) is 0 Å². The van der Waals surface area contributed by atoms with Gasteiger partial charge in [-0.15, -0.1) is 0 Å². The van der Waals surface area contributed by atoms with Crippen LogP contribution in [-0.2, 0) is 33.0 Å². The highest BCUT2D eigenvalue weighted by Crippen LogP contribution is 2.42. The first-order valence-electron chi connectivity index (χ1n) is 10.2. The minimum atomic E-state index is -0.672. The lowest BCUT2D eigenvalue weighted by atomic mass is 9.90. The standard InChI is InChI=1S/C20H24N6O4/c1-12-9-15-25(2)19(28)14(3-6-26(15)24-12)22-18(27)17-21-10-13-11-30-20(16(13)23-17)4-7-29-8-5-20/h9-10,14H,3-8,11H2,1-2H3,(H,22,27)/t14-/m0/s1. The van der Waals surface area contributed by atoms with Gasteiger partial charge in [-0.2, -0.15) is 5.10 Å². The Balaban J connectivity index is 1.36. The minimum Gasteiger partial charge on any atom is -0.381 e. The fraction of sp³-hybridized carbons (Fsp3) is 0.550. The molecule has 0 aliphatic carbocycles. The van der Waals surface area contributed by atoms with Crippen molar-refractivity contribution in [2.45, 2.75) is 51.0 Å². The number of likely N-dealkylation sites (N-methyl/N-ethyl adjacent to an activating group) is 1. The molecule has 0 saturated carbocycles. The molecule has 10 nitrogen and oxygen atoms in total. The van der Waals surface area contributed by atoms with Crippen LogP contribution >= 0.6 is 0 Å². The Morgan fingerprint density at radius 1 is 1.33 bits per heavy atom. The summed E-state index contributed by atoms with van der Waals surface area (Å²) in [5.74, 6) is 0.127. The van der Waals surface area contributed by atoms with Crippen LogP contribution in [0.25, 0.3) is 0 Å². The van der Waals surface area contributed by atoms with Crippen molar-refractivity contribution in [2.75, 3.05) is 25.2 Å². The van der Waals surface area contributed by atoms with E-state index in [-0.39, 0.29) is 11.7 Å². The van der Waals surface area contributed by atoms with Gasteiger partial charge in [-0.3, -0.25) is 14.5 Å². The molecule has 0 aromatic carbocycles. The molecule has 1 spiro atoms. The van der Waals surface area contributed by atoms with E-state index in [9.17, 15) is 9.59 Å². The number of hydrogen-bond donors (Lipinski definition) is 1. The maximum Gasteiger partial charge on any atom is 0.289 e. The Morgan fingerprint density at radius 3 is 2.93 bits per heavy atom. The van der Waals surface area contributed by atoms with Crippen molar-refractivity contribution in [3.63, 3.8) is 0 Å². The van der Waals surface area contributed by atoms with Gasteiger partial charge in [0.1, 0.15) is 17.5 Å². The minimum absolute atomic E-state index is 0.0541. The quantitative estimate of drug-likeness (QED) is 0.772. The number of hydrogen-bond acceptors (Lipinski definition) is 7. The van der Waals surface area contributed by atoms with Gasteiger partial charge in [0.05, 0.1) is 18.0 Å². The number of aromatic nitrogens is 4. The Morgan fingerprint density at radius 2 is 2.13 bits per heavy atom. The van der Waals surface area contributed by atoms with Crippen molar-refractivity contribution >= 4 is 17.6 Å². The number of carbonyl (C=O) groups is 2. The normalized spacial score (nSPS) is 22.5. The summed E-state index contributed by atoms with van der Waals surface area (Å²) in [6.07, 6.45) is 3.50. The van der Waals surface area contributed by atoms with Crippen LogP contribution in [-0.4, -0.2) is 57.9 Å². The van der Waals surface area contributed by atoms with Crippen molar-refractivity contribution in [1.82, 2.24) is 25.1 Å². The maximum atomic E-state index is 12.9. The number of nitrogens with zero attached hydrogens (tertiary/aromatic N) is 5. The predicted octanol–water partition coefficient (Wildman–Crippen LogP) is 0.683. The first-order chi connectivity index (χ1) is 14.5. The SMILES string of the molecule is Cc1cc2n(n1)CC[C@H](NC(=O)c1ncc3c(n1)C1(CCOCC1)OC3)C(=O)N2C. The molecule has 1 fully saturated rings. The van der Waals surface area contributed by atoms with Crippen molar-refractivity contribution in [3.8, 4) is 0 Å². The van der Waals surface area contributed by atoms with Crippen LogP contribution in [0.2, 0.25) is 0 Å². The number of carbonyl (C=O) groups excluding carboxylic acids is 2. The van der Waals surface area contributed by atoms with E-state index in [0.29, 0.717) is 45.6 Å². The Labute approximate surface area is 173 Å². The van der Waals surface area contributed by atoms with E-state index in [1.54, 1.807) is 17.9 Å². The lowest BCUT2D eigenvalue weighted by Crippen LogP contribution is -2.47. The maximum absolute atomic E-state index is 12.9. The average molecular weight is 412 g/mol. The van der Waals surface area contributed by atoms with Gasteiger partial charge in [0.2, 0.25) is 5.82 Å². The average Bonchev–Trinajstić information content (AvgIpc) is 3.27. The molecule has 2 aromatic rings. The summed E-state index contributed by atoms with van der Waals surface area (Å²) in [4.78, 5) is 36.1. The molecule has 3 aliphatic heterocycles. The number of aryl methyl sites for hydroxylation is 2. The molecule has 1 atom stereocenters. The number of rotatable bonds is 2. The number of ether oxygens (including phenoxy) is 2. The van der Waals surface area contributed by atoms with Crippen LogP contribution in [0, 0.1) is 6.92 Å². The fourth-order valence-corrected chi connectivity index (χ4v) is 4.43. The predicted molar refractivity (Wildman–Crippen MR) is 105 cm³/mol. The summed E-state index contributed by atoms with van der Waals surface area (Å²) in [5, 5.41) is 7.23. The summed E-state index contributed by atoms with van der Waals surface area (Å²) in [6.45, 7) is 4.06. The van der Waals surface area contributed by atoms with Gasteiger partial charge >= 0.3 is 0 Å². The number of anilines is 1. The van der Waals surface area contributed by atoms with Gasteiger partial charge in [-0.05, 0) is 13.3 Å². The third-order valence-electron chi connectivity index (χ3n) is 6.09. The molecule has 30 heavy (non-hydrogen) atoms. The highest BCUT2D eigenvalue weighted by molar-refractivity contribution is 6.00. The topological polar surface area (TPSA) is 111 Å². The molecule has 5 rings (SSSR count). The first kappa shape index (κ1) is 19.1. The second-order valence-electron chi connectivity index (χ2n) is 8.04. The molecule has 3 aliphatic rings. The summed E-state index contributed by atoms with van der Waals surface area (Å²) in [6, 6.07) is 1.19. The summed E-state index contributed by atoms with van der Waals surface area (Å²) < 4.78 is 13.3. The Bertz CT molecular complexity index is 1010. The smallest absolute Gasteiger partial charge is 0.289 e. The van der Waals surface area contributed by atoms with Crippen molar-refractivity contribution in [2.24, 2.45) is 0 Å². The van der Waals surface area contributed by atoms with Gasteiger partial charge < -0.3 is 14.8 Å². The lowest BCUT2D eigenvalue weighted by molar-refractivity contribution is -0.120. The lowest BCUT2D eigenvalue weighted by Gasteiger charge is -2.32. The van der Waals surface area contributed by atoms with E-state index >= 15 is 0 Å². The van der Waals surface area contributed by atoms with Gasteiger partial charge in [0.25, 0.3) is 11.8 Å². The van der Waals surface area contributed by atoms with Gasteiger partial charge in [0, 0.05) is 57.5 Å². The second-order valence-corrected chi connectivity index (χ2v) is 8.04. The molecule has 1 saturated heterocycles. The van der Waals surface area contributed by atoms with Crippen LogP contribution < -0.4 is 10.2 Å². The highest BCUT2D eigenvalue weighted by atomic mass is 16.5. The zero-order chi connectivity index (χ0) is 20.9. The van der Waals surface area contributed by atoms with Crippen molar-refractivity contribution in [3.05, 3.63) is 35.0 Å². The molecule has 0 bridgehead atoms. The third-order valence-corrected chi connectivity index (χ3v) is 6.09. The van der Waals surface area contributed by atoms with Gasteiger partial charge in [0.15, 0.2) is 0 Å². The third kappa shape index (κ3) is 3.07. The van der Waals surface area contributed by atoms with E-state index in [1.165, 1.54) is 4.90 Å². The zero-order valence-corrected chi connectivity index (χ0v) is 17.1. The summed E-state index contributed by atoms with van der Waals surface area (Å²) in [7, 11) is 1.69. The monoisotopic (exact) mass is 412 g/mol. The molecule has 0 unspecified atom stereocenters. The van der Waals surface area contributed by atoms with E-state index in [0.717, 1.165) is 22.8 Å². The van der Waals surface area contributed by atoms with Crippen molar-refractivity contribution < 1.29 is 19.1 Å². The summed E-state index contributed by atoms with van der Waals surface area (Å²) in [5.41, 5.74) is 2.02. The highest BCUT2D eigenvalue weighted by Gasteiger charge is 2.44. The van der Waals surface area contributed by atoms with E-state index in [4.69, 9.17) is 9.47 Å². The number of nitrogens with one attached hydrogen (secondary N) is 1.